The van der Waals surface area contributed by atoms with Crippen LogP contribution in [0.25, 0.3) is 11.4 Å². The lowest BCUT2D eigenvalue weighted by Gasteiger charge is -2.35. The first-order valence-corrected chi connectivity index (χ1v) is 8.13. The Labute approximate surface area is 141 Å². The highest BCUT2D eigenvalue weighted by Gasteiger charge is 2.39. The summed E-state index contributed by atoms with van der Waals surface area (Å²) in [7, 11) is 1.64. The van der Waals surface area contributed by atoms with Crippen molar-refractivity contribution in [2.24, 2.45) is 5.41 Å². The number of anilines is 1. The minimum atomic E-state index is -0.475. The molecule has 1 amide bonds. The number of carbonyl (C=O) groups is 1. The molecule has 0 unspecified atom stereocenters. The molecule has 128 valence electrons. The first kappa shape index (κ1) is 16.6. The molecular formula is C17H23N5O2. The molecule has 0 bridgehead atoms. The molecule has 1 aromatic carbocycles. The van der Waals surface area contributed by atoms with Crippen molar-refractivity contribution in [2.75, 3.05) is 32.1 Å². The number of methoxy groups -OCH3 is 1. The van der Waals surface area contributed by atoms with Crippen LogP contribution in [-0.2, 0) is 9.53 Å². The average Bonchev–Trinajstić information content (AvgIpc) is 3.03. The number of aromatic nitrogens is 3. The topological polar surface area (TPSA) is 91.9 Å². The Bertz CT molecular complexity index is 701. The van der Waals surface area contributed by atoms with Crippen molar-refractivity contribution in [3.8, 4) is 11.4 Å². The second-order valence-electron chi connectivity index (χ2n) is 6.24. The summed E-state index contributed by atoms with van der Waals surface area (Å²) in [6.07, 6.45) is 1.54. The molecule has 1 aromatic heterocycles. The van der Waals surface area contributed by atoms with Gasteiger partial charge in [-0.05, 0) is 45.0 Å². The van der Waals surface area contributed by atoms with E-state index in [2.05, 4.69) is 25.8 Å². The predicted octanol–water partition coefficient (Wildman–Crippen LogP) is 1.73. The molecule has 1 fully saturated rings. The van der Waals surface area contributed by atoms with E-state index in [-0.39, 0.29) is 5.91 Å². The normalized spacial score (nSPS) is 16.8. The van der Waals surface area contributed by atoms with Crippen molar-refractivity contribution in [2.45, 2.75) is 19.8 Å². The van der Waals surface area contributed by atoms with Crippen LogP contribution < -0.4 is 10.6 Å². The van der Waals surface area contributed by atoms with Gasteiger partial charge in [0, 0.05) is 18.4 Å². The van der Waals surface area contributed by atoms with Gasteiger partial charge in [0.2, 0.25) is 5.91 Å². The summed E-state index contributed by atoms with van der Waals surface area (Å²) in [5, 5.41) is 13.3. The zero-order valence-electron chi connectivity index (χ0n) is 14.1. The SMILES string of the molecule is COCC1(C(=O)Nc2cccc(-c3n[nH]c(C)n3)c2)CCNCC1. The zero-order valence-corrected chi connectivity index (χ0v) is 14.1. The van der Waals surface area contributed by atoms with E-state index in [0.717, 1.165) is 43.0 Å². The Balaban J connectivity index is 1.78. The molecular weight excluding hydrogens is 306 g/mol. The third-order valence-electron chi connectivity index (χ3n) is 4.44. The quantitative estimate of drug-likeness (QED) is 0.777. The molecule has 2 aromatic rings. The van der Waals surface area contributed by atoms with Gasteiger partial charge in [0.1, 0.15) is 5.82 Å². The fourth-order valence-corrected chi connectivity index (χ4v) is 3.09. The number of benzene rings is 1. The van der Waals surface area contributed by atoms with Gasteiger partial charge in [0.15, 0.2) is 5.82 Å². The molecule has 3 N–H and O–H groups in total. The second kappa shape index (κ2) is 7.11. The summed E-state index contributed by atoms with van der Waals surface area (Å²) in [6, 6.07) is 7.58. The highest BCUT2D eigenvalue weighted by molar-refractivity contribution is 5.96. The number of H-pyrrole nitrogens is 1. The lowest BCUT2D eigenvalue weighted by Crippen LogP contribution is -2.47. The van der Waals surface area contributed by atoms with E-state index in [1.54, 1.807) is 7.11 Å². The number of hydrogen-bond donors (Lipinski definition) is 3. The highest BCUT2D eigenvalue weighted by Crippen LogP contribution is 2.31. The second-order valence-corrected chi connectivity index (χ2v) is 6.24. The molecule has 2 heterocycles. The Morgan fingerprint density at radius 1 is 1.38 bits per heavy atom. The number of carbonyl (C=O) groups excluding carboxylic acids is 1. The van der Waals surface area contributed by atoms with E-state index in [1.807, 2.05) is 31.2 Å². The van der Waals surface area contributed by atoms with Crippen LogP contribution in [0.15, 0.2) is 24.3 Å². The van der Waals surface area contributed by atoms with E-state index in [4.69, 9.17) is 4.74 Å². The molecule has 1 aliphatic rings. The summed E-state index contributed by atoms with van der Waals surface area (Å²) in [4.78, 5) is 17.2. The Kier molecular flexibility index (Phi) is 4.92. The lowest BCUT2D eigenvalue weighted by atomic mass is 9.78. The summed E-state index contributed by atoms with van der Waals surface area (Å²) in [6.45, 7) is 3.94. The fraction of sp³-hybridized carbons (Fsp3) is 0.471. The van der Waals surface area contributed by atoms with E-state index in [9.17, 15) is 4.79 Å². The van der Waals surface area contributed by atoms with Crippen LogP contribution in [0.3, 0.4) is 0 Å². The molecule has 0 radical (unpaired) electrons. The van der Waals surface area contributed by atoms with Crippen LogP contribution in [0.1, 0.15) is 18.7 Å². The highest BCUT2D eigenvalue weighted by atomic mass is 16.5. The maximum Gasteiger partial charge on any atom is 0.233 e. The van der Waals surface area contributed by atoms with Crippen molar-refractivity contribution in [1.29, 1.82) is 0 Å². The maximum absolute atomic E-state index is 12.9. The molecule has 1 aliphatic heterocycles. The standard InChI is InChI=1S/C17H23N5O2/c1-12-19-15(22-21-12)13-4-3-5-14(10-13)20-16(23)17(11-24-2)6-8-18-9-7-17/h3-5,10,18H,6-9,11H2,1-2H3,(H,20,23)(H,19,21,22). The summed E-state index contributed by atoms with van der Waals surface area (Å²) in [5.74, 6) is 1.39. The minimum absolute atomic E-state index is 0.00849. The number of aryl methyl sites for hydroxylation is 1. The molecule has 0 saturated carbocycles. The number of ether oxygens (including phenoxy) is 1. The number of rotatable bonds is 5. The van der Waals surface area contributed by atoms with E-state index in [1.165, 1.54) is 0 Å². The Hall–Kier alpha value is -2.25. The van der Waals surface area contributed by atoms with E-state index >= 15 is 0 Å². The maximum atomic E-state index is 12.9. The van der Waals surface area contributed by atoms with Crippen LogP contribution in [0.4, 0.5) is 5.69 Å². The van der Waals surface area contributed by atoms with E-state index < -0.39 is 5.41 Å². The van der Waals surface area contributed by atoms with Gasteiger partial charge in [-0.3, -0.25) is 9.89 Å². The van der Waals surface area contributed by atoms with Crippen molar-refractivity contribution in [1.82, 2.24) is 20.5 Å². The third-order valence-corrected chi connectivity index (χ3v) is 4.44. The molecule has 24 heavy (non-hydrogen) atoms. The monoisotopic (exact) mass is 329 g/mol. The minimum Gasteiger partial charge on any atom is -0.384 e. The van der Waals surface area contributed by atoms with Gasteiger partial charge in [0.05, 0.1) is 12.0 Å². The predicted molar refractivity (Wildman–Crippen MR) is 91.6 cm³/mol. The van der Waals surface area contributed by atoms with Crippen molar-refractivity contribution < 1.29 is 9.53 Å². The molecule has 1 saturated heterocycles. The first-order chi connectivity index (χ1) is 11.6. The summed E-state index contributed by atoms with van der Waals surface area (Å²) >= 11 is 0. The molecule has 3 rings (SSSR count). The molecule has 0 spiro atoms. The van der Waals surface area contributed by atoms with Gasteiger partial charge >= 0.3 is 0 Å². The lowest BCUT2D eigenvalue weighted by molar-refractivity contribution is -0.130. The van der Waals surface area contributed by atoms with Crippen LogP contribution in [0.2, 0.25) is 0 Å². The Morgan fingerprint density at radius 3 is 2.83 bits per heavy atom. The smallest absolute Gasteiger partial charge is 0.233 e. The molecule has 7 heteroatoms. The number of aromatic amines is 1. The van der Waals surface area contributed by atoms with Crippen molar-refractivity contribution in [3.05, 3.63) is 30.1 Å². The van der Waals surface area contributed by atoms with E-state index in [0.29, 0.717) is 12.4 Å². The van der Waals surface area contributed by atoms with Crippen LogP contribution in [0, 0.1) is 12.3 Å². The Morgan fingerprint density at radius 2 is 2.17 bits per heavy atom. The van der Waals surface area contributed by atoms with Crippen molar-refractivity contribution in [3.63, 3.8) is 0 Å². The van der Waals surface area contributed by atoms with Gasteiger partial charge in [-0.2, -0.15) is 5.10 Å². The average molecular weight is 329 g/mol. The van der Waals surface area contributed by atoms with Crippen LogP contribution in [0.5, 0.6) is 0 Å². The number of nitrogens with one attached hydrogen (secondary N) is 3. The molecule has 0 aliphatic carbocycles. The molecule has 0 atom stereocenters. The van der Waals surface area contributed by atoms with Crippen LogP contribution in [-0.4, -0.2) is 47.9 Å². The largest absolute Gasteiger partial charge is 0.384 e. The summed E-state index contributed by atoms with van der Waals surface area (Å²) in [5.41, 5.74) is 1.13. The van der Waals surface area contributed by atoms with Crippen molar-refractivity contribution >= 4 is 11.6 Å². The number of amides is 1. The number of nitrogens with zero attached hydrogens (tertiary/aromatic N) is 2. The van der Waals surface area contributed by atoms with Gasteiger partial charge in [-0.25, -0.2) is 4.98 Å². The number of piperidine rings is 1. The van der Waals surface area contributed by atoms with Crippen LogP contribution >= 0.6 is 0 Å². The summed E-state index contributed by atoms with van der Waals surface area (Å²) < 4.78 is 5.33. The zero-order chi connectivity index (χ0) is 17.0. The fourth-order valence-electron chi connectivity index (χ4n) is 3.09. The first-order valence-electron chi connectivity index (χ1n) is 8.13. The molecule has 7 nitrogen and oxygen atoms in total. The van der Waals surface area contributed by atoms with Gasteiger partial charge in [-0.15, -0.1) is 0 Å². The third kappa shape index (κ3) is 3.47. The van der Waals surface area contributed by atoms with Gasteiger partial charge < -0.3 is 15.4 Å². The van der Waals surface area contributed by atoms with Gasteiger partial charge in [0.25, 0.3) is 0 Å². The number of hydrogen-bond acceptors (Lipinski definition) is 5. The van der Waals surface area contributed by atoms with Gasteiger partial charge in [-0.1, -0.05) is 12.1 Å².